The molecule has 0 unspecified atom stereocenters. The van der Waals surface area contributed by atoms with Crippen molar-refractivity contribution in [1.82, 2.24) is 9.29 Å². The first-order valence-corrected chi connectivity index (χ1v) is 10.7. The molecule has 27 heavy (non-hydrogen) atoms. The van der Waals surface area contributed by atoms with E-state index in [1.165, 1.54) is 27.5 Å². The number of benzene rings is 1. The molecule has 0 radical (unpaired) electrons. The van der Waals surface area contributed by atoms with Crippen LogP contribution in [0.2, 0.25) is 0 Å². The van der Waals surface area contributed by atoms with E-state index in [0.29, 0.717) is 30.1 Å². The van der Waals surface area contributed by atoms with E-state index in [4.69, 9.17) is 0 Å². The number of carbonyl (C=O) groups is 1. The van der Waals surface area contributed by atoms with Crippen molar-refractivity contribution in [3.63, 3.8) is 0 Å². The van der Waals surface area contributed by atoms with E-state index in [1.54, 1.807) is 18.3 Å². The Hall–Kier alpha value is -2.55. The SMILES string of the molecule is O=C(Nc1cccnc1)c1cc(S(=O)(=O)N2CCc3ccccc3C2)cs1. The van der Waals surface area contributed by atoms with Gasteiger partial charge in [-0.2, -0.15) is 4.31 Å². The van der Waals surface area contributed by atoms with Gasteiger partial charge >= 0.3 is 0 Å². The number of hydrogen-bond donors (Lipinski definition) is 1. The average Bonchev–Trinajstić information content (AvgIpc) is 3.20. The van der Waals surface area contributed by atoms with Gasteiger partial charge in [-0.3, -0.25) is 9.78 Å². The molecule has 6 nitrogen and oxygen atoms in total. The number of pyridine rings is 1. The number of sulfonamides is 1. The van der Waals surface area contributed by atoms with E-state index in [1.807, 2.05) is 24.3 Å². The summed E-state index contributed by atoms with van der Waals surface area (Å²) >= 11 is 1.12. The van der Waals surface area contributed by atoms with Gasteiger partial charge in [-0.1, -0.05) is 24.3 Å². The summed E-state index contributed by atoms with van der Waals surface area (Å²) in [5.41, 5.74) is 2.77. The summed E-state index contributed by atoms with van der Waals surface area (Å²) in [5.74, 6) is -0.349. The van der Waals surface area contributed by atoms with Crippen LogP contribution < -0.4 is 5.32 Å². The third-order valence-corrected chi connectivity index (χ3v) is 7.35. The molecule has 0 fully saturated rings. The van der Waals surface area contributed by atoms with Crippen LogP contribution in [0.1, 0.15) is 20.8 Å². The van der Waals surface area contributed by atoms with Crippen molar-refractivity contribution in [3.05, 3.63) is 76.2 Å². The lowest BCUT2D eigenvalue weighted by molar-refractivity contribution is 0.103. The van der Waals surface area contributed by atoms with Crippen LogP contribution in [-0.4, -0.2) is 30.2 Å². The molecular weight excluding hydrogens is 382 g/mol. The molecule has 1 aliphatic heterocycles. The molecule has 1 amide bonds. The number of amides is 1. The molecular formula is C19H17N3O3S2. The van der Waals surface area contributed by atoms with Crippen LogP contribution in [0.3, 0.4) is 0 Å². The predicted molar refractivity (Wildman–Crippen MR) is 104 cm³/mol. The summed E-state index contributed by atoms with van der Waals surface area (Å²) in [4.78, 5) is 16.8. The van der Waals surface area contributed by atoms with Gasteiger partial charge < -0.3 is 5.32 Å². The molecule has 0 saturated heterocycles. The largest absolute Gasteiger partial charge is 0.320 e. The van der Waals surface area contributed by atoms with Gasteiger partial charge in [0, 0.05) is 24.7 Å². The number of anilines is 1. The minimum atomic E-state index is -3.64. The monoisotopic (exact) mass is 399 g/mol. The van der Waals surface area contributed by atoms with Crippen molar-refractivity contribution in [2.45, 2.75) is 17.9 Å². The fourth-order valence-electron chi connectivity index (χ4n) is 3.03. The van der Waals surface area contributed by atoms with E-state index in [2.05, 4.69) is 10.3 Å². The fourth-order valence-corrected chi connectivity index (χ4v) is 5.60. The molecule has 0 aliphatic carbocycles. The lowest BCUT2D eigenvalue weighted by atomic mass is 10.0. The van der Waals surface area contributed by atoms with Crippen LogP contribution in [0.5, 0.6) is 0 Å². The van der Waals surface area contributed by atoms with Gasteiger partial charge in [-0.15, -0.1) is 11.3 Å². The summed E-state index contributed by atoms with van der Waals surface area (Å²) < 4.78 is 27.4. The number of nitrogens with zero attached hydrogens (tertiary/aromatic N) is 2. The fraction of sp³-hybridized carbons (Fsp3) is 0.158. The molecule has 0 bridgehead atoms. The Labute approximate surface area is 161 Å². The summed E-state index contributed by atoms with van der Waals surface area (Å²) in [5, 5.41) is 4.24. The molecule has 3 heterocycles. The minimum absolute atomic E-state index is 0.156. The van der Waals surface area contributed by atoms with E-state index in [-0.39, 0.29) is 10.8 Å². The first kappa shape index (κ1) is 17.8. The highest BCUT2D eigenvalue weighted by Crippen LogP contribution is 2.28. The molecule has 3 aromatic rings. The van der Waals surface area contributed by atoms with Crippen molar-refractivity contribution in [2.24, 2.45) is 0 Å². The van der Waals surface area contributed by atoms with Gasteiger partial charge in [-0.25, -0.2) is 8.42 Å². The molecule has 0 spiro atoms. The molecule has 2 aromatic heterocycles. The quantitative estimate of drug-likeness (QED) is 0.731. The molecule has 1 N–H and O–H groups in total. The Kier molecular flexibility index (Phi) is 4.77. The van der Waals surface area contributed by atoms with Crippen LogP contribution in [-0.2, 0) is 23.0 Å². The highest BCUT2D eigenvalue weighted by molar-refractivity contribution is 7.89. The number of fused-ring (bicyclic) bond motifs is 1. The number of carbonyl (C=O) groups excluding carboxylic acids is 1. The Morgan fingerprint density at radius 2 is 1.96 bits per heavy atom. The highest BCUT2D eigenvalue weighted by atomic mass is 32.2. The zero-order chi connectivity index (χ0) is 18.9. The molecule has 0 atom stereocenters. The van der Waals surface area contributed by atoms with Gasteiger partial charge in [0.2, 0.25) is 10.0 Å². The topological polar surface area (TPSA) is 79.4 Å². The molecule has 1 aliphatic rings. The Morgan fingerprint density at radius 3 is 2.74 bits per heavy atom. The van der Waals surface area contributed by atoms with Crippen LogP contribution >= 0.6 is 11.3 Å². The van der Waals surface area contributed by atoms with Gasteiger partial charge in [0.05, 0.1) is 21.7 Å². The van der Waals surface area contributed by atoms with Gasteiger partial charge in [-0.05, 0) is 35.7 Å². The second kappa shape index (κ2) is 7.22. The summed E-state index contributed by atoms with van der Waals surface area (Å²) in [6.45, 7) is 0.790. The normalized spacial score (nSPS) is 14.5. The van der Waals surface area contributed by atoms with Crippen molar-refractivity contribution in [2.75, 3.05) is 11.9 Å². The lowest BCUT2D eigenvalue weighted by Crippen LogP contribution is -2.35. The van der Waals surface area contributed by atoms with Crippen LogP contribution in [0.4, 0.5) is 5.69 Å². The highest BCUT2D eigenvalue weighted by Gasteiger charge is 2.29. The van der Waals surface area contributed by atoms with Crippen LogP contribution in [0, 0.1) is 0 Å². The molecule has 138 valence electrons. The third kappa shape index (κ3) is 3.64. The smallest absolute Gasteiger partial charge is 0.265 e. The number of nitrogens with one attached hydrogen (secondary N) is 1. The van der Waals surface area contributed by atoms with Crippen molar-refractivity contribution in [1.29, 1.82) is 0 Å². The molecule has 0 saturated carbocycles. The van der Waals surface area contributed by atoms with Crippen molar-refractivity contribution < 1.29 is 13.2 Å². The van der Waals surface area contributed by atoms with Crippen molar-refractivity contribution >= 4 is 33.0 Å². The third-order valence-electron chi connectivity index (χ3n) is 4.45. The van der Waals surface area contributed by atoms with Gasteiger partial charge in [0.25, 0.3) is 5.91 Å². The van der Waals surface area contributed by atoms with E-state index >= 15 is 0 Å². The van der Waals surface area contributed by atoms with E-state index in [0.717, 1.165) is 16.9 Å². The molecule has 4 rings (SSSR count). The Balaban J connectivity index is 1.53. The first-order valence-electron chi connectivity index (χ1n) is 8.41. The number of hydrogen-bond acceptors (Lipinski definition) is 5. The van der Waals surface area contributed by atoms with E-state index in [9.17, 15) is 13.2 Å². The second-order valence-corrected chi connectivity index (χ2v) is 9.05. The average molecular weight is 399 g/mol. The zero-order valence-electron chi connectivity index (χ0n) is 14.3. The summed E-state index contributed by atoms with van der Waals surface area (Å²) in [7, 11) is -3.64. The van der Waals surface area contributed by atoms with Crippen LogP contribution in [0.15, 0.2) is 65.1 Å². The lowest BCUT2D eigenvalue weighted by Gasteiger charge is -2.27. The predicted octanol–water partition coefficient (Wildman–Crippen LogP) is 3.14. The molecule has 1 aromatic carbocycles. The number of aromatic nitrogens is 1. The van der Waals surface area contributed by atoms with E-state index < -0.39 is 10.0 Å². The maximum absolute atomic E-state index is 13.0. The van der Waals surface area contributed by atoms with Crippen LogP contribution in [0.25, 0.3) is 0 Å². The van der Waals surface area contributed by atoms with Gasteiger partial charge in [0.15, 0.2) is 0 Å². The molecule has 8 heteroatoms. The summed E-state index contributed by atoms with van der Waals surface area (Å²) in [6.07, 6.45) is 3.84. The minimum Gasteiger partial charge on any atom is -0.320 e. The van der Waals surface area contributed by atoms with Gasteiger partial charge in [0.1, 0.15) is 0 Å². The maximum Gasteiger partial charge on any atom is 0.265 e. The zero-order valence-corrected chi connectivity index (χ0v) is 16.0. The Bertz CT molecular complexity index is 1080. The number of rotatable bonds is 4. The number of thiophene rings is 1. The summed E-state index contributed by atoms with van der Waals surface area (Å²) in [6, 6.07) is 12.7. The standard InChI is InChI=1S/C19H17N3O3S2/c23-19(21-16-6-3-8-20-11-16)18-10-17(13-26-18)27(24,25)22-9-7-14-4-1-2-5-15(14)12-22/h1-6,8,10-11,13H,7,9,12H2,(H,21,23). The Morgan fingerprint density at radius 1 is 1.15 bits per heavy atom. The second-order valence-electron chi connectivity index (χ2n) is 6.20. The maximum atomic E-state index is 13.0. The first-order chi connectivity index (χ1) is 13.0. The van der Waals surface area contributed by atoms with Crippen molar-refractivity contribution in [3.8, 4) is 0 Å².